The molecule has 2 aromatic carbocycles. The average Bonchev–Trinajstić information content (AvgIpc) is 2.59. The Labute approximate surface area is 135 Å². The molecule has 0 N–H and O–H groups in total. The third kappa shape index (κ3) is 5.28. The van der Waals surface area contributed by atoms with Gasteiger partial charge in [0, 0.05) is 12.1 Å². The largest absolute Gasteiger partial charge is 0.497 e. The van der Waals surface area contributed by atoms with E-state index < -0.39 is 4.92 Å². The molecule has 2 aromatic rings. The third-order valence-corrected chi connectivity index (χ3v) is 3.13. The minimum Gasteiger partial charge on any atom is -0.497 e. The molecule has 0 bridgehead atoms. The van der Waals surface area contributed by atoms with Crippen LogP contribution in [0.5, 0.6) is 5.75 Å². The summed E-state index contributed by atoms with van der Waals surface area (Å²) in [6, 6.07) is 14.2. The fraction of sp³-hybridized carbons (Fsp3) is 0.0526. The minimum absolute atomic E-state index is 0.0973. The lowest BCUT2D eigenvalue weighted by Crippen LogP contribution is -1.86. The van der Waals surface area contributed by atoms with Gasteiger partial charge in [0.2, 0.25) is 0 Å². The summed E-state index contributed by atoms with van der Waals surface area (Å²) in [5.74, 6) is 0.837. The molecule has 0 unspecified atom stereocenters. The molecule has 0 fully saturated rings. The second-order valence-corrected chi connectivity index (χ2v) is 4.72. The fourth-order valence-corrected chi connectivity index (χ4v) is 1.88. The Hall–Kier alpha value is -3.14. The number of allylic oxidation sites excluding steroid dienone is 4. The van der Waals surface area contributed by atoms with Gasteiger partial charge in [-0.3, -0.25) is 10.1 Å². The van der Waals surface area contributed by atoms with Gasteiger partial charge in [-0.25, -0.2) is 0 Å². The standard InChI is InChI=1S/C19H17NO3/c1-23-19-14-10-17(11-15-19)7-5-3-2-4-6-16-8-12-18(13-9-16)20(21)22/h2-15H,1H3/b3-2+,6-4+,7-5-. The first kappa shape index (κ1) is 16.2. The molecule has 23 heavy (non-hydrogen) atoms. The van der Waals surface area contributed by atoms with Gasteiger partial charge in [-0.05, 0) is 35.4 Å². The van der Waals surface area contributed by atoms with Gasteiger partial charge in [0.25, 0.3) is 5.69 Å². The van der Waals surface area contributed by atoms with Crippen LogP contribution in [0.3, 0.4) is 0 Å². The van der Waals surface area contributed by atoms with Crippen molar-refractivity contribution in [3.05, 3.63) is 94.1 Å². The van der Waals surface area contributed by atoms with Crippen LogP contribution in [-0.2, 0) is 0 Å². The molecule has 0 aliphatic heterocycles. The molecule has 0 aromatic heterocycles. The van der Waals surface area contributed by atoms with Gasteiger partial charge in [0.15, 0.2) is 0 Å². The van der Waals surface area contributed by atoms with Crippen molar-refractivity contribution in [2.75, 3.05) is 7.11 Å². The maximum Gasteiger partial charge on any atom is 0.269 e. The van der Waals surface area contributed by atoms with Crippen molar-refractivity contribution < 1.29 is 9.66 Å². The SMILES string of the molecule is COc1ccc(\C=C/C=C/C=C/c2ccc([N+](=O)[O-])cc2)cc1. The Balaban J connectivity index is 1.87. The van der Waals surface area contributed by atoms with Crippen LogP contribution in [0.15, 0.2) is 72.8 Å². The topological polar surface area (TPSA) is 52.4 Å². The van der Waals surface area contributed by atoms with Crippen LogP contribution < -0.4 is 4.74 Å². The quantitative estimate of drug-likeness (QED) is 0.434. The highest BCUT2D eigenvalue weighted by molar-refractivity contribution is 5.55. The van der Waals surface area contributed by atoms with E-state index >= 15 is 0 Å². The van der Waals surface area contributed by atoms with Crippen molar-refractivity contribution in [3.63, 3.8) is 0 Å². The Morgan fingerprint density at radius 3 is 1.74 bits per heavy atom. The summed E-state index contributed by atoms with van der Waals surface area (Å²) in [7, 11) is 1.64. The van der Waals surface area contributed by atoms with E-state index in [1.807, 2.05) is 60.7 Å². The van der Waals surface area contributed by atoms with Gasteiger partial charge < -0.3 is 4.74 Å². The molecule has 0 atom stereocenters. The van der Waals surface area contributed by atoms with Crippen molar-refractivity contribution in [1.29, 1.82) is 0 Å². The second kappa shape index (κ2) is 8.34. The van der Waals surface area contributed by atoms with Crippen molar-refractivity contribution in [2.45, 2.75) is 0 Å². The molecule has 0 saturated heterocycles. The van der Waals surface area contributed by atoms with E-state index in [1.165, 1.54) is 12.1 Å². The number of ether oxygens (including phenoxy) is 1. The van der Waals surface area contributed by atoms with Crippen LogP contribution in [0, 0.1) is 10.1 Å². The average molecular weight is 307 g/mol. The van der Waals surface area contributed by atoms with E-state index in [2.05, 4.69) is 0 Å². The highest BCUT2D eigenvalue weighted by Gasteiger charge is 2.01. The molecule has 0 aliphatic rings. The van der Waals surface area contributed by atoms with Crippen LogP contribution in [0.2, 0.25) is 0 Å². The predicted molar refractivity (Wildman–Crippen MR) is 93.3 cm³/mol. The minimum atomic E-state index is -0.405. The highest BCUT2D eigenvalue weighted by atomic mass is 16.6. The monoisotopic (exact) mass is 307 g/mol. The highest BCUT2D eigenvalue weighted by Crippen LogP contribution is 2.13. The lowest BCUT2D eigenvalue weighted by Gasteiger charge is -1.98. The van der Waals surface area contributed by atoms with Gasteiger partial charge in [-0.15, -0.1) is 0 Å². The van der Waals surface area contributed by atoms with E-state index in [1.54, 1.807) is 19.2 Å². The number of benzene rings is 2. The summed E-state index contributed by atoms with van der Waals surface area (Å²) in [5, 5.41) is 10.6. The molecule has 0 aliphatic carbocycles. The summed E-state index contributed by atoms with van der Waals surface area (Å²) >= 11 is 0. The molecule has 2 rings (SSSR count). The van der Waals surface area contributed by atoms with Crippen molar-refractivity contribution in [1.82, 2.24) is 0 Å². The zero-order valence-corrected chi connectivity index (χ0v) is 12.8. The van der Waals surface area contributed by atoms with Crippen LogP contribution in [0.25, 0.3) is 12.2 Å². The van der Waals surface area contributed by atoms with E-state index in [0.29, 0.717) is 0 Å². The van der Waals surface area contributed by atoms with Crippen molar-refractivity contribution in [2.24, 2.45) is 0 Å². The first-order chi connectivity index (χ1) is 11.2. The van der Waals surface area contributed by atoms with Gasteiger partial charge in [0.05, 0.1) is 12.0 Å². The number of rotatable bonds is 6. The van der Waals surface area contributed by atoms with Gasteiger partial charge in [-0.1, -0.05) is 48.6 Å². The van der Waals surface area contributed by atoms with Crippen LogP contribution >= 0.6 is 0 Å². The third-order valence-electron chi connectivity index (χ3n) is 3.13. The van der Waals surface area contributed by atoms with Gasteiger partial charge in [0.1, 0.15) is 5.75 Å². The number of hydrogen-bond donors (Lipinski definition) is 0. The lowest BCUT2D eigenvalue weighted by atomic mass is 10.2. The van der Waals surface area contributed by atoms with E-state index in [9.17, 15) is 10.1 Å². The smallest absolute Gasteiger partial charge is 0.269 e. The normalized spacial score (nSPS) is 11.5. The van der Waals surface area contributed by atoms with Crippen molar-refractivity contribution in [3.8, 4) is 5.75 Å². The first-order valence-corrected chi connectivity index (χ1v) is 7.09. The molecule has 4 nitrogen and oxygen atoms in total. The zero-order chi connectivity index (χ0) is 16.5. The van der Waals surface area contributed by atoms with E-state index in [4.69, 9.17) is 4.74 Å². The fourth-order valence-electron chi connectivity index (χ4n) is 1.88. The molecule has 4 heteroatoms. The molecule has 116 valence electrons. The predicted octanol–water partition coefficient (Wildman–Crippen LogP) is 4.89. The summed E-state index contributed by atoms with van der Waals surface area (Å²) < 4.78 is 5.10. The molecule has 0 radical (unpaired) electrons. The summed E-state index contributed by atoms with van der Waals surface area (Å²) in [6.45, 7) is 0. The zero-order valence-electron chi connectivity index (χ0n) is 12.8. The summed E-state index contributed by atoms with van der Waals surface area (Å²) in [5.41, 5.74) is 2.11. The number of nitro benzene ring substituents is 1. The molecule has 0 saturated carbocycles. The molecular formula is C19H17NO3. The maximum atomic E-state index is 10.6. The van der Waals surface area contributed by atoms with E-state index in [-0.39, 0.29) is 5.69 Å². The number of nitro groups is 1. The van der Waals surface area contributed by atoms with Gasteiger partial charge >= 0.3 is 0 Å². The van der Waals surface area contributed by atoms with E-state index in [0.717, 1.165) is 16.9 Å². The maximum absolute atomic E-state index is 10.6. The number of non-ortho nitro benzene ring substituents is 1. The van der Waals surface area contributed by atoms with Crippen LogP contribution in [0.1, 0.15) is 11.1 Å². The number of methoxy groups -OCH3 is 1. The molecule has 0 heterocycles. The Morgan fingerprint density at radius 1 is 0.826 bits per heavy atom. The van der Waals surface area contributed by atoms with Crippen LogP contribution in [0.4, 0.5) is 5.69 Å². The van der Waals surface area contributed by atoms with Crippen LogP contribution in [-0.4, -0.2) is 12.0 Å². The Bertz CT molecular complexity index is 726. The number of hydrogen-bond acceptors (Lipinski definition) is 3. The Kier molecular flexibility index (Phi) is 5.89. The summed E-state index contributed by atoms with van der Waals surface area (Å²) in [4.78, 5) is 10.2. The van der Waals surface area contributed by atoms with Crippen molar-refractivity contribution >= 4 is 17.8 Å². The summed E-state index contributed by atoms with van der Waals surface area (Å²) in [6.07, 6.45) is 11.5. The lowest BCUT2D eigenvalue weighted by molar-refractivity contribution is -0.384. The second-order valence-electron chi connectivity index (χ2n) is 4.72. The molecule has 0 spiro atoms. The van der Waals surface area contributed by atoms with Gasteiger partial charge in [-0.2, -0.15) is 0 Å². The molecular weight excluding hydrogens is 290 g/mol. The first-order valence-electron chi connectivity index (χ1n) is 7.09. The number of nitrogens with zero attached hydrogens (tertiary/aromatic N) is 1. The Morgan fingerprint density at radius 2 is 1.30 bits per heavy atom. The molecule has 0 amide bonds.